The Bertz CT molecular complexity index is 589. The van der Waals surface area contributed by atoms with Gasteiger partial charge in [-0.1, -0.05) is 29.8 Å². The number of nitrogens with one attached hydrogen (secondary N) is 1. The highest BCUT2D eigenvalue weighted by Gasteiger charge is 2.12. The van der Waals surface area contributed by atoms with Gasteiger partial charge in [-0.05, 0) is 48.7 Å². The van der Waals surface area contributed by atoms with Crippen molar-refractivity contribution in [2.45, 2.75) is 19.4 Å². The predicted octanol–water partition coefficient (Wildman–Crippen LogP) is 3.62. The number of hydrogen-bond donors (Lipinski definition) is 2. The first-order valence-corrected chi connectivity index (χ1v) is 7.14. The second-order valence-electron chi connectivity index (χ2n) is 4.67. The van der Waals surface area contributed by atoms with Crippen LogP contribution >= 0.6 is 11.6 Å². The summed E-state index contributed by atoms with van der Waals surface area (Å²) in [5.74, 6) is 6.01. The molecule has 5 heteroatoms. The van der Waals surface area contributed by atoms with Gasteiger partial charge < -0.3 is 4.74 Å². The minimum atomic E-state index is -0.420. The Balaban J connectivity index is 2.13. The van der Waals surface area contributed by atoms with Crippen LogP contribution in [-0.2, 0) is 6.42 Å². The van der Waals surface area contributed by atoms with Crippen molar-refractivity contribution in [1.29, 1.82) is 0 Å². The zero-order valence-electron chi connectivity index (χ0n) is 11.8. The van der Waals surface area contributed by atoms with Crippen LogP contribution in [0.25, 0.3) is 0 Å². The molecule has 1 unspecified atom stereocenters. The van der Waals surface area contributed by atoms with Crippen LogP contribution in [0.5, 0.6) is 5.75 Å². The van der Waals surface area contributed by atoms with E-state index in [1.54, 1.807) is 12.1 Å². The average Bonchev–Trinajstić information content (AvgIpc) is 2.50. The highest BCUT2D eigenvalue weighted by atomic mass is 35.5. The normalized spacial score (nSPS) is 12.2. The number of hydrogen-bond acceptors (Lipinski definition) is 3. The molecule has 0 bridgehead atoms. The molecule has 0 fully saturated rings. The molecule has 1 atom stereocenters. The molecule has 2 aromatic rings. The Morgan fingerprint density at radius 2 is 1.95 bits per heavy atom. The summed E-state index contributed by atoms with van der Waals surface area (Å²) in [7, 11) is 0. The van der Waals surface area contributed by atoms with E-state index in [0.717, 1.165) is 16.9 Å². The maximum atomic E-state index is 13.5. The molecule has 0 saturated heterocycles. The van der Waals surface area contributed by atoms with Crippen molar-refractivity contribution in [2.75, 3.05) is 6.61 Å². The highest BCUT2D eigenvalue weighted by molar-refractivity contribution is 6.30. The summed E-state index contributed by atoms with van der Waals surface area (Å²) in [5.41, 5.74) is 4.59. The standard InChI is InChI=1S/C16H18ClFN2O/c1-2-21-13-6-4-12(5-7-13)16(20-19)10-11-3-8-14(17)15(18)9-11/h3-9,16,20H,2,10,19H2,1H3. The lowest BCUT2D eigenvalue weighted by molar-refractivity contribution is 0.340. The van der Waals surface area contributed by atoms with E-state index in [2.05, 4.69) is 5.43 Å². The molecule has 0 aliphatic carbocycles. The quantitative estimate of drug-likeness (QED) is 0.633. The first-order valence-electron chi connectivity index (χ1n) is 6.77. The molecule has 112 valence electrons. The monoisotopic (exact) mass is 308 g/mol. The van der Waals surface area contributed by atoms with E-state index >= 15 is 0 Å². The molecule has 0 aliphatic heterocycles. The largest absolute Gasteiger partial charge is 0.494 e. The molecule has 2 aromatic carbocycles. The van der Waals surface area contributed by atoms with Crippen LogP contribution in [0.15, 0.2) is 42.5 Å². The molecule has 0 amide bonds. The van der Waals surface area contributed by atoms with E-state index in [1.165, 1.54) is 6.07 Å². The van der Waals surface area contributed by atoms with Gasteiger partial charge in [0.05, 0.1) is 11.6 Å². The lowest BCUT2D eigenvalue weighted by atomic mass is 9.99. The molecule has 0 heterocycles. The van der Waals surface area contributed by atoms with Gasteiger partial charge in [0.1, 0.15) is 11.6 Å². The Morgan fingerprint density at radius 3 is 2.52 bits per heavy atom. The molecule has 0 radical (unpaired) electrons. The van der Waals surface area contributed by atoms with E-state index in [9.17, 15) is 4.39 Å². The molecule has 0 saturated carbocycles. The second kappa shape index (κ2) is 7.41. The molecule has 3 N–H and O–H groups in total. The third-order valence-electron chi connectivity index (χ3n) is 3.22. The fraction of sp³-hybridized carbons (Fsp3) is 0.250. The maximum Gasteiger partial charge on any atom is 0.142 e. The van der Waals surface area contributed by atoms with Crippen LogP contribution < -0.4 is 16.0 Å². The maximum absolute atomic E-state index is 13.5. The highest BCUT2D eigenvalue weighted by Crippen LogP contribution is 2.23. The summed E-state index contributed by atoms with van der Waals surface area (Å²) in [4.78, 5) is 0. The molecule has 0 aliphatic rings. The smallest absolute Gasteiger partial charge is 0.142 e. The summed E-state index contributed by atoms with van der Waals surface area (Å²) in [6.07, 6.45) is 0.568. The van der Waals surface area contributed by atoms with Gasteiger partial charge in [-0.15, -0.1) is 0 Å². The predicted molar refractivity (Wildman–Crippen MR) is 82.8 cm³/mol. The van der Waals surface area contributed by atoms with Crippen LogP contribution in [0.2, 0.25) is 5.02 Å². The molecular weight excluding hydrogens is 291 g/mol. The number of hydrazine groups is 1. The van der Waals surface area contributed by atoms with E-state index in [0.29, 0.717) is 13.0 Å². The van der Waals surface area contributed by atoms with Crippen LogP contribution in [0, 0.1) is 5.82 Å². The second-order valence-corrected chi connectivity index (χ2v) is 5.08. The molecule has 0 aromatic heterocycles. The molecule has 21 heavy (non-hydrogen) atoms. The Labute approximate surface area is 128 Å². The van der Waals surface area contributed by atoms with Crippen LogP contribution in [0.4, 0.5) is 4.39 Å². The van der Waals surface area contributed by atoms with E-state index in [-0.39, 0.29) is 11.1 Å². The summed E-state index contributed by atoms with van der Waals surface area (Å²) < 4.78 is 18.9. The van der Waals surface area contributed by atoms with E-state index in [1.807, 2.05) is 31.2 Å². The van der Waals surface area contributed by atoms with Crippen molar-refractivity contribution >= 4 is 11.6 Å². The van der Waals surface area contributed by atoms with Gasteiger partial charge in [-0.25, -0.2) is 4.39 Å². The van der Waals surface area contributed by atoms with Crippen LogP contribution in [0.3, 0.4) is 0 Å². The van der Waals surface area contributed by atoms with Gasteiger partial charge in [0, 0.05) is 6.04 Å². The van der Waals surface area contributed by atoms with Gasteiger partial charge in [0.2, 0.25) is 0 Å². The van der Waals surface area contributed by atoms with Gasteiger partial charge in [0.25, 0.3) is 0 Å². The van der Waals surface area contributed by atoms with E-state index in [4.69, 9.17) is 22.2 Å². The topological polar surface area (TPSA) is 47.3 Å². The van der Waals surface area contributed by atoms with Crippen molar-refractivity contribution in [2.24, 2.45) is 5.84 Å². The number of nitrogens with two attached hydrogens (primary N) is 1. The zero-order valence-corrected chi connectivity index (χ0v) is 12.5. The molecule has 2 rings (SSSR count). The Hall–Kier alpha value is -1.62. The third-order valence-corrected chi connectivity index (χ3v) is 3.53. The number of halogens is 2. The summed E-state index contributed by atoms with van der Waals surface area (Å²) in [5, 5.41) is 0.122. The van der Waals surface area contributed by atoms with Crippen molar-refractivity contribution in [3.8, 4) is 5.75 Å². The van der Waals surface area contributed by atoms with Gasteiger partial charge in [0.15, 0.2) is 0 Å². The summed E-state index contributed by atoms with van der Waals surface area (Å²) in [6.45, 7) is 2.56. The first kappa shape index (κ1) is 15.8. The summed E-state index contributed by atoms with van der Waals surface area (Å²) >= 11 is 5.69. The lowest BCUT2D eigenvalue weighted by Gasteiger charge is -2.17. The van der Waals surface area contributed by atoms with Crippen molar-refractivity contribution in [3.63, 3.8) is 0 Å². The van der Waals surface area contributed by atoms with Crippen LogP contribution in [0.1, 0.15) is 24.1 Å². The lowest BCUT2D eigenvalue weighted by Crippen LogP contribution is -2.29. The molecule has 3 nitrogen and oxygen atoms in total. The number of ether oxygens (including phenoxy) is 1. The Morgan fingerprint density at radius 1 is 1.24 bits per heavy atom. The van der Waals surface area contributed by atoms with Crippen LogP contribution in [-0.4, -0.2) is 6.61 Å². The molecular formula is C16H18ClFN2O. The van der Waals surface area contributed by atoms with Gasteiger partial charge >= 0.3 is 0 Å². The van der Waals surface area contributed by atoms with Crippen molar-refractivity contribution < 1.29 is 9.13 Å². The Kier molecular flexibility index (Phi) is 5.56. The van der Waals surface area contributed by atoms with Gasteiger partial charge in [-0.2, -0.15) is 0 Å². The fourth-order valence-electron chi connectivity index (χ4n) is 2.14. The minimum Gasteiger partial charge on any atom is -0.494 e. The first-order chi connectivity index (χ1) is 10.1. The van der Waals surface area contributed by atoms with Crippen molar-refractivity contribution in [1.82, 2.24) is 5.43 Å². The number of benzene rings is 2. The molecule has 0 spiro atoms. The average molecular weight is 309 g/mol. The van der Waals surface area contributed by atoms with Gasteiger partial charge in [-0.3, -0.25) is 11.3 Å². The zero-order chi connectivity index (χ0) is 15.2. The minimum absolute atomic E-state index is 0.110. The fourth-order valence-corrected chi connectivity index (χ4v) is 2.26. The summed E-state index contributed by atoms with van der Waals surface area (Å²) in [6, 6.07) is 12.4. The van der Waals surface area contributed by atoms with Crippen molar-refractivity contribution in [3.05, 3.63) is 64.4 Å². The SMILES string of the molecule is CCOc1ccc(C(Cc2ccc(Cl)c(F)c2)NN)cc1. The van der Waals surface area contributed by atoms with E-state index < -0.39 is 5.82 Å². The third kappa shape index (κ3) is 4.17. The number of rotatable bonds is 6.